The first-order valence-electron chi connectivity index (χ1n) is 17.9. The van der Waals surface area contributed by atoms with E-state index in [0.717, 1.165) is 36.0 Å². The zero-order chi connectivity index (χ0) is 35.3. The molecule has 266 valence electrons. The van der Waals surface area contributed by atoms with Crippen LogP contribution in [0, 0.1) is 11.8 Å². The molecule has 0 aliphatic heterocycles. The van der Waals surface area contributed by atoms with Crippen molar-refractivity contribution in [2.45, 2.75) is 147 Å². The zero-order valence-electron chi connectivity index (χ0n) is 30.5. The van der Waals surface area contributed by atoms with Crippen molar-refractivity contribution < 1.29 is 29.0 Å². The highest BCUT2D eigenvalue weighted by molar-refractivity contribution is 6.74. The Labute approximate surface area is 289 Å². The second kappa shape index (κ2) is 15.8. The van der Waals surface area contributed by atoms with Crippen molar-refractivity contribution in [3.63, 3.8) is 0 Å². The molecule has 2 aliphatic carbocycles. The van der Waals surface area contributed by atoms with Gasteiger partial charge < -0.3 is 30.0 Å². The van der Waals surface area contributed by atoms with Crippen LogP contribution in [-0.2, 0) is 26.8 Å². The highest BCUT2D eigenvalue weighted by Crippen LogP contribution is 2.40. The first kappa shape index (κ1) is 37.9. The van der Waals surface area contributed by atoms with E-state index in [1.165, 1.54) is 19.3 Å². The van der Waals surface area contributed by atoms with Gasteiger partial charge in [-0.25, -0.2) is 4.79 Å². The number of hydrogen-bond acceptors (Lipinski definition) is 6. The molecule has 5 atom stereocenters. The molecule has 3 unspecified atom stereocenters. The number of ether oxygens (including phenoxy) is 1. The van der Waals surface area contributed by atoms with Crippen LogP contribution >= 0.6 is 0 Å². The summed E-state index contributed by atoms with van der Waals surface area (Å²) < 4.78 is 13.0. The van der Waals surface area contributed by atoms with Crippen molar-refractivity contribution in [3.8, 4) is 5.75 Å². The number of carbonyl (C=O) groups excluding carboxylic acids is 2. The molecule has 1 fully saturated rings. The smallest absolute Gasteiger partial charge is 0.407 e. The van der Waals surface area contributed by atoms with E-state index in [0.29, 0.717) is 25.2 Å². The summed E-state index contributed by atoms with van der Waals surface area (Å²) in [5.74, 6) is -0.0858. The summed E-state index contributed by atoms with van der Waals surface area (Å²) in [5.41, 5.74) is 2.24. The van der Waals surface area contributed by atoms with Gasteiger partial charge in [0.1, 0.15) is 11.4 Å². The van der Waals surface area contributed by atoms with E-state index < -0.39 is 44.2 Å². The number of fused-ring (bicyclic) bond motifs is 1. The van der Waals surface area contributed by atoms with Gasteiger partial charge in [-0.05, 0) is 92.9 Å². The van der Waals surface area contributed by atoms with Gasteiger partial charge in [-0.3, -0.25) is 4.79 Å². The molecule has 2 aromatic rings. The summed E-state index contributed by atoms with van der Waals surface area (Å²) in [6.07, 6.45) is 6.18. The van der Waals surface area contributed by atoms with Gasteiger partial charge in [0.15, 0.2) is 8.32 Å². The Morgan fingerprint density at radius 2 is 1.60 bits per heavy atom. The number of nitrogens with one attached hydrogen (secondary N) is 2. The van der Waals surface area contributed by atoms with Crippen LogP contribution in [0.15, 0.2) is 48.5 Å². The fraction of sp³-hybridized carbons (Fsp3) is 0.641. The summed E-state index contributed by atoms with van der Waals surface area (Å²) in [6.45, 7) is 16.6. The molecule has 0 heterocycles. The summed E-state index contributed by atoms with van der Waals surface area (Å²) in [7, 11) is -2.39. The average Bonchev–Trinajstić information content (AvgIpc) is 3.30. The Bertz CT molecular complexity index is 1360. The molecule has 48 heavy (non-hydrogen) atoms. The summed E-state index contributed by atoms with van der Waals surface area (Å²) in [4.78, 5) is 27.8. The number of rotatable bonds is 12. The van der Waals surface area contributed by atoms with E-state index in [2.05, 4.69) is 44.5 Å². The van der Waals surface area contributed by atoms with Gasteiger partial charge in [0.25, 0.3) is 0 Å². The number of carbonyl (C=O) groups is 2. The Balaban J connectivity index is 1.71. The standard InChI is InChI=1S/C39H60N2O6Si/c1-38(2,3)46-37(45)40-32(23-26-14-10-9-11-15-26)34(47-48(7,8)39(4,5)6)25-29(22-27-18-20-30(42)21-19-27)36(44)41-35-31-17-13-12-16-28(31)24-33(35)43/h12-13,16-21,26,29,32-35,42-43H,9-11,14-15,22-25H2,1-8H3,(H,40,45)(H,41,44)/t29?,32?,33-,34?,35-/m0/s1. The lowest BCUT2D eigenvalue weighted by molar-refractivity contribution is -0.127. The Kier molecular flexibility index (Phi) is 12.5. The third-order valence-electron chi connectivity index (χ3n) is 10.5. The summed E-state index contributed by atoms with van der Waals surface area (Å²) in [5, 5.41) is 27.4. The highest BCUT2D eigenvalue weighted by atomic mass is 28.4. The second-order valence-electron chi connectivity index (χ2n) is 16.7. The molecule has 2 aromatic carbocycles. The van der Waals surface area contributed by atoms with Crippen LogP contribution in [0.1, 0.15) is 109 Å². The summed E-state index contributed by atoms with van der Waals surface area (Å²) >= 11 is 0. The predicted molar refractivity (Wildman–Crippen MR) is 193 cm³/mol. The van der Waals surface area contributed by atoms with Crippen LogP contribution in [0.4, 0.5) is 4.79 Å². The third-order valence-corrected chi connectivity index (χ3v) is 15.0. The Hall–Kier alpha value is -2.88. The van der Waals surface area contributed by atoms with Crippen LogP contribution in [0.25, 0.3) is 0 Å². The Morgan fingerprint density at radius 3 is 2.23 bits per heavy atom. The number of alkyl carbamates (subject to hydrolysis) is 1. The minimum atomic E-state index is -2.39. The number of phenolic OH excluding ortho intramolecular Hbond substituents is 1. The quantitative estimate of drug-likeness (QED) is 0.169. The molecule has 8 nitrogen and oxygen atoms in total. The van der Waals surface area contributed by atoms with Crippen molar-refractivity contribution in [3.05, 3.63) is 65.2 Å². The predicted octanol–water partition coefficient (Wildman–Crippen LogP) is 7.97. The molecular weight excluding hydrogens is 621 g/mol. The molecule has 2 amide bonds. The molecule has 1 saturated carbocycles. The van der Waals surface area contributed by atoms with E-state index in [1.807, 2.05) is 57.2 Å². The minimum Gasteiger partial charge on any atom is -0.508 e. The average molecular weight is 681 g/mol. The van der Waals surface area contributed by atoms with Crippen LogP contribution in [-0.4, -0.2) is 54.4 Å². The van der Waals surface area contributed by atoms with Gasteiger partial charge in [0.2, 0.25) is 5.91 Å². The van der Waals surface area contributed by atoms with Gasteiger partial charge in [-0.1, -0.05) is 89.3 Å². The maximum absolute atomic E-state index is 14.4. The number of phenols is 1. The normalized spacial score (nSPS) is 20.8. The lowest BCUT2D eigenvalue weighted by atomic mass is 9.82. The lowest BCUT2D eigenvalue weighted by Gasteiger charge is -2.43. The van der Waals surface area contributed by atoms with Crippen molar-refractivity contribution >= 4 is 20.3 Å². The number of benzene rings is 2. The maximum atomic E-state index is 14.4. The molecule has 2 aliphatic rings. The maximum Gasteiger partial charge on any atom is 0.407 e. The van der Waals surface area contributed by atoms with Gasteiger partial charge in [0.05, 0.1) is 24.3 Å². The molecule has 0 spiro atoms. The van der Waals surface area contributed by atoms with Gasteiger partial charge in [-0.2, -0.15) is 0 Å². The Morgan fingerprint density at radius 1 is 0.958 bits per heavy atom. The zero-order valence-corrected chi connectivity index (χ0v) is 31.5. The molecule has 4 N–H and O–H groups in total. The fourth-order valence-electron chi connectivity index (χ4n) is 6.89. The second-order valence-corrected chi connectivity index (χ2v) is 21.4. The lowest BCUT2D eigenvalue weighted by Crippen LogP contribution is -2.54. The minimum absolute atomic E-state index is 0.0983. The van der Waals surface area contributed by atoms with Gasteiger partial charge in [-0.15, -0.1) is 0 Å². The molecule has 0 bridgehead atoms. The van der Waals surface area contributed by atoms with E-state index in [-0.39, 0.29) is 22.7 Å². The van der Waals surface area contributed by atoms with Crippen LogP contribution in [0.3, 0.4) is 0 Å². The monoisotopic (exact) mass is 680 g/mol. The highest BCUT2D eigenvalue weighted by Gasteiger charge is 2.43. The van der Waals surface area contributed by atoms with Crippen LogP contribution in [0.2, 0.25) is 18.1 Å². The first-order chi connectivity index (χ1) is 22.4. The largest absolute Gasteiger partial charge is 0.508 e. The van der Waals surface area contributed by atoms with Crippen LogP contribution < -0.4 is 10.6 Å². The van der Waals surface area contributed by atoms with Gasteiger partial charge >= 0.3 is 6.09 Å². The van der Waals surface area contributed by atoms with E-state index in [1.54, 1.807) is 12.1 Å². The SMILES string of the molecule is CC(C)(C)OC(=O)NC(CC1CCCCC1)C(CC(Cc1ccc(O)cc1)C(=O)N[C@H]1c2ccccc2C[C@@H]1O)O[Si](C)(C)C(C)(C)C. The summed E-state index contributed by atoms with van der Waals surface area (Å²) in [6, 6.07) is 14.0. The number of aliphatic hydroxyl groups excluding tert-OH is 1. The van der Waals surface area contributed by atoms with E-state index in [4.69, 9.17) is 9.16 Å². The van der Waals surface area contributed by atoms with Crippen molar-refractivity contribution in [2.24, 2.45) is 11.8 Å². The number of hydrogen-bond donors (Lipinski definition) is 4. The van der Waals surface area contributed by atoms with Crippen molar-refractivity contribution in [1.29, 1.82) is 0 Å². The van der Waals surface area contributed by atoms with E-state index >= 15 is 0 Å². The van der Waals surface area contributed by atoms with Crippen molar-refractivity contribution in [1.82, 2.24) is 10.6 Å². The topological polar surface area (TPSA) is 117 Å². The first-order valence-corrected chi connectivity index (χ1v) is 20.8. The van der Waals surface area contributed by atoms with Crippen LogP contribution in [0.5, 0.6) is 5.75 Å². The number of amides is 2. The van der Waals surface area contributed by atoms with Gasteiger partial charge in [0, 0.05) is 12.3 Å². The molecule has 0 radical (unpaired) electrons. The molecule has 0 saturated heterocycles. The number of aromatic hydroxyl groups is 1. The van der Waals surface area contributed by atoms with Crippen molar-refractivity contribution in [2.75, 3.05) is 0 Å². The molecular formula is C39H60N2O6Si. The third kappa shape index (κ3) is 10.6. The van der Waals surface area contributed by atoms with E-state index in [9.17, 15) is 19.8 Å². The fourth-order valence-corrected chi connectivity index (χ4v) is 8.26. The number of aliphatic hydroxyl groups is 1. The molecule has 4 rings (SSSR count). The molecule has 9 heteroatoms. The molecule has 0 aromatic heterocycles.